The number of imidazole rings is 1. The van der Waals surface area contributed by atoms with Crippen LogP contribution in [0.3, 0.4) is 0 Å². The molecular weight excluding hydrogens is 474 g/mol. The normalized spacial score (nSPS) is 10.9. The third-order valence-electron chi connectivity index (χ3n) is 6.06. The van der Waals surface area contributed by atoms with Gasteiger partial charge in [0, 0.05) is 30.1 Å². The molecule has 188 valence electrons. The summed E-state index contributed by atoms with van der Waals surface area (Å²) in [6.07, 6.45) is 4.75. The zero-order valence-electron chi connectivity index (χ0n) is 20.6. The largest absolute Gasteiger partial charge is 0.497 e. The van der Waals surface area contributed by atoms with Gasteiger partial charge in [-0.1, -0.05) is 30.2 Å². The molecule has 36 heavy (non-hydrogen) atoms. The summed E-state index contributed by atoms with van der Waals surface area (Å²) in [6, 6.07) is 22.9. The first-order chi connectivity index (χ1) is 17.6. The summed E-state index contributed by atoms with van der Waals surface area (Å²) in [4.78, 5) is 17.1. The number of carbonyl (C=O) groups excluding carboxylic acids is 1. The number of benzene rings is 3. The quantitative estimate of drug-likeness (QED) is 0.216. The lowest BCUT2D eigenvalue weighted by molar-refractivity contribution is 0.0953. The van der Waals surface area contributed by atoms with Gasteiger partial charge in [-0.15, -0.1) is 0 Å². The summed E-state index contributed by atoms with van der Waals surface area (Å²) in [5.74, 6) is 2.70. The monoisotopic (exact) mass is 505 g/mol. The van der Waals surface area contributed by atoms with Crippen LogP contribution >= 0.6 is 11.6 Å². The van der Waals surface area contributed by atoms with Crippen LogP contribution in [-0.4, -0.2) is 35.7 Å². The summed E-state index contributed by atoms with van der Waals surface area (Å²) in [5.41, 5.74) is 2.81. The highest BCUT2D eigenvalue weighted by Crippen LogP contribution is 2.20. The minimum absolute atomic E-state index is 0.0645. The molecular formula is C29H32ClN3O3. The second kappa shape index (κ2) is 13.0. The Balaban J connectivity index is 1.23. The van der Waals surface area contributed by atoms with Gasteiger partial charge in [0.1, 0.15) is 17.3 Å². The van der Waals surface area contributed by atoms with Crippen molar-refractivity contribution in [3.63, 3.8) is 0 Å². The van der Waals surface area contributed by atoms with Crippen LogP contribution in [0, 0.1) is 0 Å². The molecule has 6 nitrogen and oxygen atoms in total. The first-order valence-electron chi connectivity index (χ1n) is 12.4. The highest BCUT2D eigenvalue weighted by molar-refractivity contribution is 6.30. The number of hydrogen-bond acceptors (Lipinski definition) is 4. The molecule has 0 aliphatic heterocycles. The number of amides is 1. The van der Waals surface area contributed by atoms with E-state index < -0.39 is 0 Å². The maximum Gasteiger partial charge on any atom is 0.251 e. The highest BCUT2D eigenvalue weighted by atomic mass is 35.5. The Morgan fingerprint density at radius 3 is 2.44 bits per heavy atom. The number of rotatable bonds is 13. The number of nitrogens with zero attached hydrogens (tertiary/aromatic N) is 2. The van der Waals surface area contributed by atoms with Crippen molar-refractivity contribution in [1.29, 1.82) is 0 Å². The van der Waals surface area contributed by atoms with Crippen LogP contribution < -0.4 is 14.8 Å². The second-order valence-electron chi connectivity index (χ2n) is 8.62. The third-order valence-corrected chi connectivity index (χ3v) is 6.31. The van der Waals surface area contributed by atoms with Crippen LogP contribution in [0.4, 0.5) is 0 Å². The maximum atomic E-state index is 12.2. The van der Waals surface area contributed by atoms with Crippen LogP contribution in [-0.2, 0) is 13.0 Å². The van der Waals surface area contributed by atoms with Crippen molar-refractivity contribution >= 4 is 28.5 Å². The molecule has 0 atom stereocenters. The molecule has 0 unspecified atom stereocenters. The molecule has 0 aliphatic carbocycles. The average Bonchev–Trinajstić information content (AvgIpc) is 3.26. The van der Waals surface area contributed by atoms with Gasteiger partial charge in [-0.3, -0.25) is 4.79 Å². The van der Waals surface area contributed by atoms with Gasteiger partial charge < -0.3 is 19.4 Å². The van der Waals surface area contributed by atoms with Gasteiger partial charge in [0.05, 0.1) is 24.8 Å². The van der Waals surface area contributed by atoms with Crippen LogP contribution in [0.2, 0.25) is 5.02 Å². The lowest BCUT2D eigenvalue weighted by atomic mass is 10.1. The van der Waals surface area contributed by atoms with E-state index in [1.807, 2.05) is 30.3 Å². The maximum absolute atomic E-state index is 12.2. The van der Waals surface area contributed by atoms with E-state index in [1.54, 1.807) is 31.4 Å². The van der Waals surface area contributed by atoms with Crippen molar-refractivity contribution in [1.82, 2.24) is 14.9 Å². The molecule has 0 fully saturated rings. The fourth-order valence-corrected chi connectivity index (χ4v) is 4.27. The first-order valence-corrected chi connectivity index (χ1v) is 12.8. The van der Waals surface area contributed by atoms with Crippen molar-refractivity contribution in [2.24, 2.45) is 0 Å². The Hall–Kier alpha value is -3.51. The fraction of sp³-hybridized carbons (Fsp3) is 0.310. The van der Waals surface area contributed by atoms with Crippen LogP contribution in [0.1, 0.15) is 41.9 Å². The fourth-order valence-electron chi connectivity index (χ4n) is 4.14. The van der Waals surface area contributed by atoms with Gasteiger partial charge in [-0.05, 0) is 79.9 Å². The van der Waals surface area contributed by atoms with Crippen molar-refractivity contribution in [3.05, 3.63) is 89.2 Å². The number of ether oxygens (including phenoxy) is 2. The Labute approximate surface area is 217 Å². The molecule has 0 aliphatic rings. The molecule has 4 rings (SSSR count). The van der Waals surface area contributed by atoms with E-state index in [-0.39, 0.29) is 5.91 Å². The van der Waals surface area contributed by atoms with Gasteiger partial charge in [0.15, 0.2) is 0 Å². The number of nitrogens with one attached hydrogen (secondary N) is 1. The summed E-state index contributed by atoms with van der Waals surface area (Å²) in [6.45, 7) is 2.13. The van der Waals surface area contributed by atoms with E-state index in [0.717, 1.165) is 67.0 Å². The van der Waals surface area contributed by atoms with E-state index in [9.17, 15) is 4.79 Å². The molecule has 0 bridgehead atoms. The molecule has 4 aromatic rings. The van der Waals surface area contributed by atoms with Crippen molar-refractivity contribution in [2.45, 2.75) is 38.6 Å². The zero-order chi connectivity index (χ0) is 25.2. The predicted molar refractivity (Wildman–Crippen MR) is 144 cm³/mol. The Morgan fingerprint density at radius 1 is 0.917 bits per heavy atom. The number of unbranched alkanes of at least 4 members (excludes halogenated alkanes) is 2. The van der Waals surface area contributed by atoms with Crippen LogP contribution in [0.15, 0.2) is 72.8 Å². The smallest absolute Gasteiger partial charge is 0.251 e. The Kier molecular flexibility index (Phi) is 9.22. The molecule has 7 heteroatoms. The van der Waals surface area contributed by atoms with Gasteiger partial charge in [-0.2, -0.15) is 0 Å². The molecule has 0 saturated carbocycles. The van der Waals surface area contributed by atoms with E-state index in [1.165, 1.54) is 0 Å². The molecule has 0 spiro atoms. The minimum atomic E-state index is -0.0645. The van der Waals surface area contributed by atoms with E-state index in [2.05, 4.69) is 28.1 Å². The summed E-state index contributed by atoms with van der Waals surface area (Å²) < 4.78 is 13.4. The van der Waals surface area contributed by atoms with E-state index >= 15 is 0 Å². The van der Waals surface area contributed by atoms with Gasteiger partial charge >= 0.3 is 0 Å². The molecule has 1 aromatic heterocycles. The summed E-state index contributed by atoms with van der Waals surface area (Å²) in [5, 5.41) is 3.61. The molecule has 0 saturated heterocycles. The van der Waals surface area contributed by atoms with Gasteiger partial charge in [0.2, 0.25) is 0 Å². The number of methoxy groups -OCH3 is 1. The van der Waals surface area contributed by atoms with Gasteiger partial charge in [-0.25, -0.2) is 4.98 Å². The Bertz CT molecular complexity index is 1250. The molecule has 1 N–H and O–H groups in total. The zero-order valence-corrected chi connectivity index (χ0v) is 21.3. The van der Waals surface area contributed by atoms with E-state index in [4.69, 9.17) is 26.1 Å². The predicted octanol–water partition coefficient (Wildman–Crippen LogP) is 6.31. The molecule has 0 radical (unpaired) electrons. The average molecular weight is 506 g/mol. The minimum Gasteiger partial charge on any atom is -0.497 e. The topological polar surface area (TPSA) is 65.4 Å². The molecule has 1 heterocycles. The summed E-state index contributed by atoms with van der Waals surface area (Å²) in [7, 11) is 1.66. The number of aromatic nitrogens is 2. The SMILES string of the molecule is COc1ccc(OCCCn2c(CCCCCNC(=O)c3ccc(Cl)cc3)nc3ccccc32)cc1. The van der Waals surface area contributed by atoms with Crippen molar-refractivity contribution < 1.29 is 14.3 Å². The third kappa shape index (κ3) is 7.01. The number of fused-ring (bicyclic) bond motifs is 1. The second-order valence-corrected chi connectivity index (χ2v) is 9.06. The lowest BCUT2D eigenvalue weighted by Crippen LogP contribution is -2.24. The number of carbonyl (C=O) groups is 1. The van der Waals surface area contributed by atoms with E-state index in [0.29, 0.717) is 23.7 Å². The van der Waals surface area contributed by atoms with Crippen molar-refractivity contribution in [3.8, 4) is 11.5 Å². The first kappa shape index (κ1) is 25.6. The number of halogens is 1. The standard InChI is InChI=1S/C29H32ClN3O3/c1-35-24-15-17-25(18-16-24)36-21-7-20-33-27-9-5-4-8-26(27)32-28(33)10-3-2-6-19-31-29(34)22-11-13-23(30)14-12-22/h4-5,8-9,11-18H,2-3,6-7,10,19-21H2,1H3,(H,31,34). The lowest BCUT2D eigenvalue weighted by Gasteiger charge is -2.11. The molecule has 3 aromatic carbocycles. The van der Waals surface area contributed by atoms with Crippen LogP contribution in [0.5, 0.6) is 11.5 Å². The number of aryl methyl sites for hydroxylation is 2. The van der Waals surface area contributed by atoms with Crippen LogP contribution in [0.25, 0.3) is 11.0 Å². The summed E-state index contributed by atoms with van der Waals surface area (Å²) >= 11 is 5.89. The number of hydrogen-bond donors (Lipinski definition) is 1. The number of para-hydroxylation sites is 2. The Morgan fingerprint density at radius 2 is 1.67 bits per heavy atom. The van der Waals surface area contributed by atoms with Crippen molar-refractivity contribution in [2.75, 3.05) is 20.3 Å². The molecule has 1 amide bonds. The van der Waals surface area contributed by atoms with Gasteiger partial charge in [0.25, 0.3) is 5.91 Å². The highest BCUT2D eigenvalue weighted by Gasteiger charge is 2.10.